The van der Waals surface area contributed by atoms with Crippen molar-refractivity contribution >= 4 is 23.3 Å². The number of benzene rings is 1. The lowest BCUT2D eigenvalue weighted by Crippen LogP contribution is -2.38. The summed E-state index contributed by atoms with van der Waals surface area (Å²) >= 11 is 0. The predicted octanol–water partition coefficient (Wildman–Crippen LogP) is 3.54. The Morgan fingerprint density at radius 3 is 2.47 bits per heavy atom. The summed E-state index contributed by atoms with van der Waals surface area (Å²) < 4.78 is 0. The molecule has 0 amide bonds. The molecule has 162 valence electrons. The molecule has 7 heteroatoms. The van der Waals surface area contributed by atoms with Gasteiger partial charge in [0.1, 0.15) is 11.5 Å². The van der Waals surface area contributed by atoms with E-state index in [9.17, 15) is 0 Å². The van der Waals surface area contributed by atoms with Gasteiger partial charge >= 0.3 is 0 Å². The number of guanidine groups is 1. The number of hydrogen-bond donors (Lipinski definition) is 3. The summed E-state index contributed by atoms with van der Waals surface area (Å²) in [6, 6.07) is 8.76. The third-order valence-corrected chi connectivity index (χ3v) is 4.88. The lowest BCUT2D eigenvalue weighted by molar-refractivity contribution is 0.430. The van der Waals surface area contributed by atoms with E-state index in [4.69, 9.17) is 11.5 Å². The molecule has 3 rings (SSSR count). The van der Waals surface area contributed by atoms with E-state index in [1.165, 1.54) is 11.1 Å². The van der Waals surface area contributed by atoms with E-state index in [-0.39, 0.29) is 5.82 Å². The Hall–Kier alpha value is -3.09. The second-order valence-electron chi connectivity index (χ2n) is 7.17. The fourth-order valence-corrected chi connectivity index (χ4v) is 3.17. The highest BCUT2D eigenvalue weighted by molar-refractivity contribution is 5.90. The Kier molecular flexibility index (Phi) is 8.65. The van der Waals surface area contributed by atoms with Crippen molar-refractivity contribution in [2.75, 3.05) is 31.1 Å². The maximum atomic E-state index is 5.95. The molecule has 0 saturated carbocycles. The van der Waals surface area contributed by atoms with Crippen LogP contribution in [0.15, 0.2) is 35.8 Å². The standard InChI is InChI=1S/C21H29N7.C2H6/c1-14-7-9-17(10-8-14)6-4-5-12-28-13-11-24-21(28)26-15(2)18-20(23)27-19(22)16(3)25-18;1-2/h7-10H,2,4-6,11-13H2,1,3H3,(H,24,26)(H4,22,23,27);1-2H3. The fraction of sp³-hybridized carbons (Fsp3) is 0.435. The van der Waals surface area contributed by atoms with Crippen molar-refractivity contribution in [3.8, 4) is 0 Å². The van der Waals surface area contributed by atoms with Gasteiger partial charge in [-0.05, 0) is 38.7 Å². The molecule has 0 spiro atoms. The minimum absolute atomic E-state index is 0.267. The van der Waals surface area contributed by atoms with E-state index in [1.807, 2.05) is 13.8 Å². The van der Waals surface area contributed by atoms with Crippen molar-refractivity contribution in [3.05, 3.63) is 53.4 Å². The van der Waals surface area contributed by atoms with Crippen LogP contribution in [0.1, 0.15) is 49.2 Å². The Balaban J connectivity index is 0.00000155. The minimum atomic E-state index is 0.267. The molecule has 30 heavy (non-hydrogen) atoms. The summed E-state index contributed by atoms with van der Waals surface area (Å²) in [5, 5.41) is 3.26. The number of nitrogens with zero attached hydrogens (tertiary/aromatic N) is 4. The van der Waals surface area contributed by atoms with Crippen LogP contribution in [-0.4, -0.2) is 40.5 Å². The largest absolute Gasteiger partial charge is 0.382 e. The first kappa shape index (κ1) is 23.2. The summed E-state index contributed by atoms with van der Waals surface area (Å²) in [6.07, 6.45) is 3.34. The molecule has 0 unspecified atom stereocenters. The smallest absolute Gasteiger partial charge is 0.198 e. The highest BCUT2D eigenvalue weighted by Gasteiger charge is 2.19. The van der Waals surface area contributed by atoms with Crippen LogP contribution in [0.4, 0.5) is 11.6 Å². The predicted molar refractivity (Wildman–Crippen MR) is 127 cm³/mol. The summed E-state index contributed by atoms with van der Waals surface area (Å²) in [5.74, 6) is 1.42. The number of rotatable bonds is 7. The molecule has 0 fully saturated rings. The first-order valence-electron chi connectivity index (χ1n) is 10.6. The summed E-state index contributed by atoms with van der Waals surface area (Å²) in [7, 11) is 0. The molecule has 1 aromatic carbocycles. The van der Waals surface area contributed by atoms with E-state index in [0.29, 0.717) is 22.9 Å². The molecule has 7 nitrogen and oxygen atoms in total. The number of unbranched alkanes of at least 4 members (excludes halogenated alkanes) is 1. The molecule has 1 aliphatic rings. The molecule has 2 heterocycles. The van der Waals surface area contributed by atoms with Gasteiger partial charge in [-0.15, -0.1) is 0 Å². The molecule has 2 aromatic rings. The Bertz CT molecular complexity index is 872. The van der Waals surface area contributed by atoms with Gasteiger partial charge in [0.15, 0.2) is 11.8 Å². The zero-order chi connectivity index (χ0) is 22.1. The monoisotopic (exact) mass is 409 g/mol. The lowest BCUT2D eigenvalue weighted by atomic mass is 10.1. The van der Waals surface area contributed by atoms with Crippen molar-refractivity contribution in [3.63, 3.8) is 0 Å². The summed E-state index contributed by atoms with van der Waals surface area (Å²) in [6.45, 7) is 14.6. The fourth-order valence-electron chi connectivity index (χ4n) is 3.17. The van der Waals surface area contributed by atoms with Crippen LogP contribution in [0, 0.1) is 13.8 Å². The van der Waals surface area contributed by atoms with Crippen LogP contribution >= 0.6 is 0 Å². The normalized spacial score (nSPS) is 12.8. The van der Waals surface area contributed by atoms with Gasteiger partial charge in [-0.1, -0.05) is 50.3 Å². The average Bonchev–Trinajstić information content (AvgIpc) is 3.17. The quantitative estimate of drug-likeness (QED) is 0.604. The first-order chi connectivity index (χ1) is 14.4. The summed E-state index contributed by atoms with van der Waals surface area (Å²) in [4.78, 5) is 15.3. The van der Waals surface area contributed by atoms with Crippen molar-refractivity contribution in [1.82, 2.24) is 20.2 Å². The summed E-state index contributed by atoms with van der Waals surface area (Å²) in [5.41, 5.74) is 16.1. The first-order valence-corrected chi connectivity index (χ1v) is 10.6. The van der Waals surface area contributed by atoms with E-state index < -0.39 is 0 Å². The van der Waals surface area contributed by atoms with Gasteiger partial charge < -0.3 is 21.7 Å². The third kappa shape index (κ3) is 6.20. The van der Waals surface area contributed by atoms with E-state index in [1.54, 1.807) is 6.92 Å². The molecule has 5 N–H and O–H groups in total. The Morgan fingerprint density at radius 1 is 1.07 bits per heavy atom. The molecule has 0 aliphatic carbocycles. The zero-order valence-corrected chi connectivity index (χ0v) is 18.7. The molecular formula is C23H35N7. The molecule has 1 aromatic heterocycles. The van der Waals surface area contributed by atoms with Crippen LogP contribution in [0.2, 0.25) is 0 Å². The lowest BCUT2D eigenvalue weighted by Gasteiger charge is -2.22. The van der Waals surface area contributed by atoms with Gasteiger partial charge in [0.2, 0.25) is 0 Å². The second kappa shape index (κ2) is 11.2. The van der Waals surface area contributed by atoms with Crippen molar-refractivity contribution < 1.29 is 0 Å². The minimum Gasteiger partial charge on any atom is -0.382 e. The molecule has 0 saturated heterocycles. The molecular weight excluding hydrogens is 374 g/mol. The topological polar surface area (TPSA) is 105 Å². The number of nitrogens with two attached hydrogens (primary N) is 2. The number of aryl methyl sites for hydroxylation is 3. The van der Waals surface area contributed by atoms with Gasteiger partial charge in [0.25, 0.3) is 0 Å². The van der Waals surface area contributed by atoms with Gasteiger partial charge in [-0.2, -0.15) is 0 Å². The van der Waals surface area contributed by atoms with Gasteiger partial charge in [-0.25, -0.2) is 9.97 Å². The highest BCUT2D eigenvalue weighted by atomic mass is 15.3. The molecule has 0 atom stereocenters. The molecule has 0 bridgehead atoms. The molecule has 1 aliphatic heterocycles. The number of aliphatic imine (C=N–C) groups is 1. The van der Waals surface area contributed by atoms with Crippen LogP contribution in [0.5, 0.6) is 0 Å². The van der Waals surface area contributed by atoms with Crippen molar-refractivity contribution in [2.45, 2.75) is 47.0 Å². The van der Waals surface area contributed by atoms with Gasteiger partial charge in [0.05, 0.1) is 17.9 Å². The number of hydrogen-bond acceptors (Lipinski definition) is 7. The van der Waals surface area contributed by atoms with Crippen LogP contribution in [-0.2, 0) is 6.42 Å². The zero-order valence-electron chi connectivity index (χ0n) is 18.7. The van der Waals surface area contributed by atoms with Crippen LogP contribution < -0.4 is 16.8 Å². The Labute approximate surface area is 180 Å². The maximum absolute atomic E-state index is 5.95. The SMILES string of the molecule is C=C(NC1=NCCN1CCCCc1ccc(C)cc1)c1nc(C)c(N)nc1N.CC. The van der Waals surface area contributed by atoms with Gasteiger partial charge in [-0.3, -0.25) is 4.99 Å². The molecule has 0 radical (unpaired) electrons. The van der Waals surface area contributed by atoms with Gasteiger partial charge in [0, 0.05) is 13.1 Å². The number of aromatic nitrogens is 2. The van der Waals surface area contributed by atoms with Crippen molar-refractivity contribution in [2.24, 2.45) is 4.99 Å². The maximum Gasteiger partial charge on any atom is 0.198 e. The van der Waals surface area contributed by atoms with Crippen LogP contribution in [0.3, 0.4) is 0 Å². The second-order valence-corrected chi connectivity index (χ2v) is 7.17. The van der Waals surface area contributed by atoms with Crippen LogP contribution in [0.25, 0.3) is 5.70 Å². The number of nitrogens with one attached hydrogen (secondary N) is 1. The number of anilines is 2. The third-order valence-electron chi connectivity index (χ3n) is 4.88. The van der Waals surface area contributed by atoms with E-state index >= 15 is 0 Å². The van der Waals surface area contributed by atoms with E-state index in [0.717, 1.165) is 44.9 Å². The van der Waals surface area contributed by atoms with Crippen molar-refractivity contribution in [1.29, 1.82) is 0 Å². The average molecular weight is 410 g/mol. The Morgan fingerprint density at radius 2 is 1.77 bits per heavy atom. The number of nitrogen functional groups attached to an aromatic ring is 2. The highest BCUT2D eigenvalue weighted by Crippen LogP contribution is 2.18. The van der Waals surface area contributed by atoms with E-state index in [2.05, 4.69) is 62.9 Å².